The number of rotatable bonds is 6. The van der Waals surface area contributed by atoms with Crippen LogP contribution in [0.15, 0.2) is 48.5 Å². The van der Waals surface area contributed by atoms with Gasteiger partial charge in [-0.2, -0.15) is 0 Å². The van der Waals surface area contributed by atoms with Gasteiger partial charge in [-0.1, -0.05) is 18.2 Å². The molecule has 0 unspecified atom stereocenters. The number of non-ortho nitro benzene ring substituents is 1. The van der Waals surface area contributed by atoms with Crippen LogP contribution in [-0.4, -0.2) is 23.3 Å². The fourth-order valence-electron chi connectivity index (χ4n) is 1.83. The molecule has 23 heavy (non-hydrogen) atoms. The summed E-state index contributed by atoms with van der Waals surface area (Å²) in [6.07, 6.45) is 0. The van der Waals surface area contributed by atoms with Gasteiger partial charge in [-0.05, 0) is 18.2 Å². The molecule has 2 aromatic rings. The van der Waals surface area contributed by atoms with E-state index < -0.39 is 16.7 Å². The number of primary amides is 1. The first-order chi connectivity index (χ1) is 11.0. The zero-order valence-electron chi connectivity index (χ0n) is 11.9. The SMILES string of the molecule is NC(=O)c1ccccc1NC(=O)COc1cccc([N+](=O)[O-])c1. The standard InChI is InChI=1S/C15H13N3O5/c16-15(20)12-6-1-2-7-13(12)17-14(19)9-23-11-5-3-4-10(8-11)18(21)22/h1-8H,9H2,(H2,16,20)(H,17,19). The number of nitrogens with two attached hydrogens (primary N) is 1. The maximum atomic E-state index is 11.9. The number of amides is 2. The Morgan fingerprint density at radius 1 is 1.17 bits per heavy atom. The zero-order valence-corrected chi connectivity index (χ0v) is 11.9. The molecule has 0 aliphatic carbocycles. The van der Waals surface area contributed by atoms with Gasteiger partial charge in [-0.3, -0.25) is 19.7 Å². The number of anilines is 1. The van der Waals surface area contributed by atoms with Crippen molar-refractivity contribution in [3.05, 3.63) is 64.2 Å². The van der Waals surface area contributed by atoms with E-state index in [1.165, 1.54) is 36.4 Å². The smallest absolute Gasteiger partial charge is 0.273 e. The van der Waals surface area contributed by atoms with Crippen LogP contribution < -0.4 is 15.8 Å². The van der Waals surface area contributed by atoms with Crippen molar-refractivity contribution in [3.63, 3.8) is 0 Å². The molecule has 0 fully saturated rings. The van der Waals surface area contributed by atoms with Crippen molar-refractivity contribution in [3.8, 4) is 5.75 Å². The van der Waals surface area contributed by atoms with Crippen LogP contribution >= 0.6 is 0 Å². The molecular weight excluding hydrogens is 302 g/mol. The van der Waals surface area contributed by atoms with Crippen LogP contribution in [0.2, 0.25) is 0 Å². The van der Waals surface area contributed by atoms with Crippen LogP contribution in [0.25, 0.3) is 0 Å². The lowest BCUT2D eigenvalue weighted by Crippen LogP contribution is -2.22. The maximum Gasteiger partial charge on any atom is 0.273 e. The molecule has 0 aromatic heterocycles. The second kappa shape index (κ2) is 7.03. The Bertz CT molecular complexity index is 760. The van der Waals surface area contributed by atoms with Crippen molar-refractivity contribution in [2.24, 2.45) is 5.73 Å². The number of ether oxygens (including phenoxy) is 1. The van der Waals surface area contributed by atoms with Crippen molar-refractivity contribution in [2.45, 2.75) is 0 Å². The number of carbonyl (C=O) groups is 2. The third-order valence-electron chi connectivity index (χ3n) is 2.86. The molecule has 0 saturated heterocycles. The highest BCUT2D eigenvalue weighted by atomic mass is 16.6. The number of hydrogen-bond acceptors (Lipinski definition) is 5. The molecule has 0 saturated carbocycles. The summed E-state index contributed by atoms with van der Waals surface area (Å²) in [5.41, 5.74) is 5.53. The molecular formula is C15H13N3O5. The van der Waals surface area contributed by atoms with Crippen molar-refractivity contribution in [1.82, 2.24) is 0 Å². The lowest BCUT2D eigenvalue weighted by Gasteiger charge is -2.09. The van der Waals surface area contributed by atoms with Gasteiger partial charge in [0.2, 0.25) is 0 Å². The third kappa shape index (κ3) is 4.27. The van der Waals surface area contributed by atoms with Crippen LogP contribution in [0.4, 0.5) is 11.4 Å². The minimum atomic E-state index is -0.666. The molecule has 0 bridgehead atoms. The number of nitrogens with one attached hydrogen (secondary N) is 1. The van der Waals surface area contributed by atoms with E-state index in [0.717, 1.165) is 0 Å². The predicted octanol–water partition coefficient (Wildman–Crippen LogP) is 1.71. The first-order valence-corrected chi connectivity index (χ1v) is 6.53. The largest absolute Gasteiger partial charge is 0.484 e. The molecule has 0 spiro atoms. The first kappa shape index (κ1) is 16.0. The molecule has 3 N–H and O–H groups in total. The van der Waals surface area contributed by atoms with Crippen LogP contribution in [0.5, 0.6) is 5.75 Å². The molecule has 0 aliphatic rings. The summed E-state index contributed by atoms with van der Waals surface area (Å²) >= 11 is 0. The van der Waals surface area contributed by atoms with Gasteiger partial charge in [0.15, 0.2) is 6.61 Å². The topological polar surface area (TPSA) is 125 Å². The molecule has 0 radical (unpaired) electrons. The predicted molar refractivity (Wildman–Crippen MR) is 82.2 cm³/mol. The Hall–Kier alpha value is -3.42. The van der Waals surface area contributed by atoms with Gasteiger partial charge < -0.3 is 15.8 Å². The fourth-order valence-corrected chi connectivity index (χ4v) is 1.83. The van der Waals surface area contributed by atoms with Crippen LogP contribution in [-0.2, 0) is 4.79 Å². The van der Waals surface area contributed by atoms with Crippen LogP contribution in [0, 0.1) is 10.1 Å². The summed E-state index contributed by atoms with van der Waals surface area (Å²) < 4.78 is 5.20. The monoisotopic (exact) mass is 315 g/mol. The number of carbonyl (C=O) groups excluding carboxylic acids is 2. The average molecular weight is 315 g/mol. The number of nitro groups is 1. The quantitative estimate of drug-likeness (QED) is 0.620. The van der Waals surface area contributed by atoms with Gasteiger partial charge in [-0.15, -0.1) is 0 Å². The highest BCUT2D eigenvalue weighted by molar-refractivity contribution is 6.03. The van der Waals surface area contributed by atoms with Crippen LogP contribution in [0.3, 0.4) is 0 Å². The van der Waals surface area contributed by atoms with E-state index in [1.54, 1.807) is 12.1 Å². The number of hydrogen-bond donors (Lipinski definition) is 2. The third-order valence-corrected chi connectivity index (χ3v) is 2.86. The molecule has 2 aromatic carbocycles. The van der Waals surface area contributed by atoms with E-state index in [0.29, 0.717) is 0 Å². The van der Waals surface area contributed by atoms with Crippen molar-refractivity contribution in [1.29, 1.82) is 0 Å². The Morgan fingerprint density at radius 2 is 1.91 bits per heavy atom. The summed E-state index contributed by atoms with van der Waals surface area (Å²) in [5.74, 6) is -0.997. The number of para-hydroxylation sites is 1. The molecule has 118 valence electrons. The van der Waals surface area contributed by atoms with Crippen molar-refractivity contribution in [2.75, 3.05) is 11.9 Å². The lowest BCUT2D eigenvalue weighted by molar-refractivity contribution is -0.384. The van der Waals surface area contributed by atoms with Gasteiger partial charge in [0.05, 0.1) is 22.2 Å². The van der Waals surface area contributed by atoms with Gasteiger partial charge in [0.25, 0.3) is 17.5 Å². The Balaban J connectivity index is 2.00. The van der Waals surface area contributed by atoms with Crippen LogP contribution in [0.1, 0.15) is 10.4 Å². The Kier molecular flexibility index (Phi) is 4.88. The minimum absolute atomic E-state index is 0.137. The van der Waals surface area contributed by atoms with E-state index in [-0.39, 0.29) is 29.3 Å². The molecule has 0 aliphatic heterocycles. The molecule has 8 heteroatoms. The number of nitro benzene ring substituents is 1. The second-order valence-corrected chi connectivity index (χ2v) is 4.50. The Morgan fingerprint density at radius 3 is 2.61 bits per heavy atom. The number of benzene rings is 2. The summed E-state index contributed by atoms with van der Waals surface area (Å²) in [6.45, 7) is -0.367. The van der Waals surface area contributed by atoms with Gasteiger partial charge in [-0.25, -0.2) is 0 Å². The van der Waals surface area contributed by atoms with E-state index in [2.05, 4.69) is 5.32 Å². The summed E-state index contributed by atoms with van der Waals surface area (Å²) in [4.78, 5) is 33.2. The van der Waals surface area contributed by atoms with Gasteiger partial charge in [0, 0.05) is 6.07 Å². The molecule has 0 atom stereocenters. The maximum absolute atomic E-state index is 11.9. The van der Waals surface area contributed by atoms with E-state index in [4.69, 9.17) is 10.5 Å². The normalized spacial score (nSPS) is 9.91. The fraction of sp³-hybridized carbons (Fsp3) is 0.0667. The summed E-state index contributed by atoms with van der Waals surface area (Å²) in [7, 11) is 0. The highest BCUT2D eigenvalue weighted by Crippen LogP contribution is 2.19. The Labute approximate surface area is 131 Å². The highest BCUT2D eigenvalue weighted by Gasteiger charge is 2.11. The summed E-state index contributed by atoms with van der Waals surface area (Å²) in [6, 6.07) is 11.8. The molecule has 2 rings (SSSR count). The van der Waals surface area contributed by atoms with Gasteiger partial charge >= 0.3 is 0 Å². The number of nitrogens with zero attached hydrogens (tertiary/aromatic N) is 1. The molecule has 0 heterocycles. The van der Waals surface area contributed by atoms with Crippen molar-refractivity contribution >= 4 is 23.2 Å². The second-order valence-electron chi connectivity index (χ2n) is 4.50. The van der Waals surface area contributed by atoms with E-state index in [9.17, 15) is 19.7 Å². The molecule has 8 nitrogen and oxygen atoms in total. The van der Waals surface area contributed by atoms with Gasteiger partial charge in [0.1, 0.15) is 5.75 Å². The van der Waals surface area contributed by atoms with Crippen molar-refractivity contribution < 1.29 is 19.2 Å². The lowest BCUT2D eigenvalue weighted by atomic mass is 10.1. The van der Waals surface area contributed by atoms with E-state index in [1.807, 2.05) is 0 Å². The first-order valence-electron chi connectivity index (χ1n) is 6.53. The zero-order chi connectivity index (χ0) is 16.8. The van der Waals surface area contributed by atoms with E-state index >= 15 is 0 Å². The molecule has 2 amide bonds. The average Bonchev–Trinajstić information content (AvgIpc) is 2.53. The minimum Gasteiger partial charge on any atom is -0.484 e. The summed E-state index contributed by atoms with van der Waals surface area (Å²) in [5, 5.41) is 13.2.